The average Bonchev–Trinajstić information content (AvgIpc) is 3.08. The van der Waals surface area contributed by atoms with E-state index in [-0.39, 0.29) is 6.04 Å². The van der Waals surface area contributed by atoms with Crippen LogP contribution in [0.3, 0.4) is 0 Å². The summed E-state index contributed by atoms with van der Waals surface area (Å²) in [5.41, 5.74) is 8.65. The zero-order valence-electron chi connectivity index (χ0n) is 14.6. The molecule has 2 aromatic heterocycles. The first kappa shape index (κ1) is 16.1. The number of aromatic amines is 1. The minimum atomic E-state index is 0.0189. The lowest BCUT2D eigenvalue weighted by atomic mass is 9.67. The fraction of sp³-hybridized carbons (Fsp3) is 0.700. The third kappa shape index (κ3) is 3.21. The molecule has 0 radical (unpaired) electrons. The molecule has 4 rings (SSSR count). The highest BCUT2D eigenvalue weighted by atomic mass is 15.0. The number of nitrogens with one attached hydrogen (secondary N) is 1. The minimum absolute atomic E-state index is 0.0189. The molecule has 2 aliphatic rings. The molecule has 4 heteroatoms. The van der Waals surface area contributed by atoms with Crippen molar-refractivity contribution in [3.05, 3.63) is 24.2 Å². The molecule has 2 heterocycles. The molecule has 2 saturated carbocycles. The van der Waals surface area contributed by atoms with E-state index in [0.29, 0.717) is 5.92 Å². The van der Waals surface area contributed by atoms with Gasteiger partial charge in [-0.2, -0.15) is 0 Å². The molecule has 2 aromatic rings. The van der Waals surface area contributed by atoms with E-state index in [2.05, 4.69) is 9.97 Å². The molecule has 0 amide bonds. The van der Waals surface area contributed by atoms with Gasteiger partial charge in [0.15, 0.2) is 5.65 Å². The predicted molar refractivity (Wildman–Crippen MR) is 97.5 cm³/mol. The van der Waals surface area contributed by atoms with E-state index < -0.39 is 0 Å². The highest BCUT2D eigenvalue weighted by molar-refractivity contribution is 5.70. The van der Waals surface area contributed by atoms with Crippen LogP contribution in [0.25, 0.3) is 11.2 Å². The van der Waals surface area contributed by atoms with Gasteiger partial charge in [-0.25, -0.2) is 9.97 Å². The number of hydrogen-bond acceptors (Lipinski definition) is 3. The van der Waals surface area contributed by atoms with E-state index in [1.165, 1.54) is 64.2 Å². The summed E-state index contributed by atoms with van der Waals surface area (Å²) in [6.45, 7) is 0. The van der Waals surface area contributed by atoms with Gasteiger partial charge >= 0.3 is 0 Å². The van der Waals surface area contributed by atoms with E-state index in [1.54, 1.807) is 6.20 Å². The van der Waals surface area contributed by atoms with Crippen LogP contribution in [0.4, 0.5) is 0 Å². The van der Waals surface area contributed by atoms with Crippen molar-refractivity contribution in [2.45, 2.75) is 70.3 Å². The molecule has 24 heavy (non-hydrogen) atoms. The SMILES string of the molecule is NC(c1nc2ncccc2[nH]1)C(C1CCCCC1)C1CCCCC1. The van der Waals surface area contributed by atoms with Crippen molar-refractivity contribution in [3.8, 4) is 0 Å². The monoisotopic (exact) mass is 326 g/mol. The molecule has 130 valence electrons. The van der Waals surface area contributed by atoms with E-state index in [0.717, 1.165) is 28.8 Å². The molecule has 0 spiro atoms. The average molecular weight is 326 g/mol. The number of aromatic nitrogens is 3. The molecule has 4 nitrogen and oxygen atoms in total. The van der Waals surface area contributed by atoms with Gasteiger partial charge in [0.2, 0.25) is 0 Å². The molecular weight excluding hydrogens is 296 g/mol. The lowest BCUT2D eigenvalue weighted by molar-refractivity contribution is 0.116. The van der Waals surface area contributed by atoms with E-state index in [4.69, 9.17) is 10.7 Å². The largest absolute Gasteiger partial charge is 0.339 e. The highest BCUT2D eigenvalue weighted by Crippen LogP contribution is 2.44. The molecule has 1 unspecified atom stereocenters. The van der Waals surface area contributed by atoms with Crippen molar-refractivity contribution >= 4 is 11.2 Å². The summed E-state index contributed by atoms with van der Waals surface area (Å²) < 4.78 is 0. The van der Waals surface area contributed by atoms with Crippen LogP contribution in [0, 0.1) is 17.8 Å². The maximum atomic E-state index is 6.84. The van der Waals surface area contributed by atoms with Gasteiger partial charge in [-0.3, -0.25) is 0 Å². The Morgan fingerprint density at radius 3 is 2.17 bits per heavy atom. The maximum absolute atomic E-state index is 6.84. The van der Waals surface area contributed by atoms with Crippen LogP contribution >= 0.6 is 0 Å². The standard InChI is InChI=1S/C20H30N4/c21-18(20-23-16-12-7-13-22-19(16)24-20)17(14-8-3-1-4-9-14)15-10-5-2-6-11-15/h7,12-15,17-18H,1-6,8-11,21H2,(H,22,23,24). The van der Waals surface area contributed by atoms with Crippen molar-refractivity contribution in [1.82, 2.24) is 15.0 Å². The van der Waals surface area contributed by atoms with Crippen molar-refractivity contribution < 1.29 is 0 Å². The number of H-pyrrole nitrogens is 1. The molecule has 0 aliphatic heterocycles. The van der Waals surface area contributed by atoms with Crippen LogP contribution < -0.4 is 5.73 Å². The Balaban J connectivity index is 1.62. The molecule has 1 atom stereocenters. The highest BCUT2D eigenvalue weighted by Gasteiger charge is 2.37. The Morgan fingerprint density at radius 2 is 1.58 bits per heavy atom. The topological polar surface area (TPSA) is 67.6 Å². The minimum Gasteiger partial charge on any atom is -0.339 e. The van der Waals surface area contributed by atoms with Crippen LogP contribution in [0.1, 0.15) is 76.1 Å². The van der Waals surface area contributed by atoms with Crippen LogP contribution in [0.2, 0.25) is 0 Å². The summed E-state index contributed by atoms with van der Waals surface area (Å²) in [4.78, 5) is 12.6. The maximum Gasteiger partial charge on any atom is 0.177 e. The fourth-order valence-corrected chi connectivity index (χ4v) is 5.21. The van der Waals surface area contributed by atoms with Gasteiger partial charge in [-0.1, -0.05) is 64.2 Å². The zero-order chi connectivity index (χ0) is 16.4. The summed E-state index contributed by atoms with van der Waals surface area (Å²) in [5, 5.41) is 0. The first-order valence-corrected chi connectivity index (χ1v) is 9.89. The van der Waals surface area contributed by atoms with Gasteiger partial charge in [-0.05, 0) is 29.9 Å². The van der Waals surface area contributed by atoms with Crippen molar-refractivity contribution in [2.24, 2.45) is 23.5 Å². The molecule has 2 fully saturated rings. The summed E-state index contributed by atoms with van der Waals surface area (Å²) in [5.74, 6) is 3.08. The Labute approximate surface area is 144 Å². The van der Waals surface area contributed by atoms with Gasteiger partial charge in [0.1, 0.15) is 5.82 Å². The van der Waals surface area contributed by atoms with Crippen molar-refractivity contribution in [3.63, 3.8) is 0 Å². The summed E-state index contributed by atoms with van der Waals surface area (Å²) in [6.07, 6.45) is 15.5. The van der Waals surface area contributed by atoms with Crippen LogP contribution in [0.5, 0.6) is 0 Å². The van der Waals surface area contributed by atoms with Crippen LogP contribution in [-0.2, 0) is 0 Å². The Hall–Kier alpha value is -1.42. The second-order valence-electron chi connectivity index (χ2n) is 7.90. The predicted octanol–water partition coefficient (Wildman–Crippen LogP) is 4.73. The van der Waals surface area contributed by atoms with Crippen LogP contribution in [0.15, 0.2) is 18.3 Å². The molecule has 0 aromatic carbocycles. The summed E-state index contributed by atoms with van der Waals surface area (Å²) in [7, 11) is 0. The number of nitrogens with two attached hydrogens (primary N) is 1. The number of imidazole rings is 1. The number of hydrogen-bond donors (Lipinski definition) is 2. The van der Waals surface area contributed by atoms with E-state index in [1.807, 2.05) is 12.1 Å². The van der Waals surface area contributed by atoms with Gasteiger partial charge < -0.3 is 10.7 Å². The zero-order valence-corrected chi connectivity index (χ0v) is 14.6. The van der Waals surface area contributed by atoms with Gasteiger partial charge in [0.05, 0.1) is 11.6 Å². The summed E-state index contributed by atoms with van der Waals surface area (Å²) >= 11 is 0. The molecular formula is C20H30N4. The van der Waals surface area contributed by atoms with Gasteiger partial charge in [0, 0.05) is 6.20 Å². The Kier molecular flexibility index (Phi) is 4.83. The number of pyridine rings is 1. The van der Waals surface area contributed by atoms with E-state index >= 15 is 0 Å². The normalized spacial score (nSPS) is 22.2. The third-order valence-electron chi connectivity index (χ3n) is 6.39. The summed E-state index contributed by atoms with van der Waals surface area (Å²) in [6, 6.07) is 4.02. The molecule has 3 N–H and O–H groups in total. The second-order valence-corrected chi connectivity index (χ2v) is 7.90. The fourth-order valence-electron chi connectivity index (χ4n) is 5.21. The molecule has 2 aliphatic carbocycles. The Bertz CT molecular complexity index is 601. The first-order chi connectivity index (χ1) is 11.8. The van der Waals surface area contributed by atoms with Gasteiger partial charge in [-0.15, -0.1) is 0 Å². The molecule has 0 bridgehead atoms. The van der Waals surface area contributed by atoms with Crippen molar-refractivity contribution in [1.29, 1.82) is 0 Å². The first-order valence-electron chi connectivity index (χ1n) is 9.89. The smallest absolute Gasteiger partial charge is 0.177 e. The third-order valence-corrected chi connectivity index (χ3v) is 6.39. The number of nitrogens with zero attached hydrogens (tertiary/aromatic N) is 2. The lowest BCUT2D eigenvalue weighted by Gasteiger charge is -2.40. The number of rotatable bonds is 4. The molecule has 0 saturated heterocycles. The lowest BCUT2D eigenvalue weighted by Crippen LogP contribution is -2.36. The second kappa shape index (κ2) is 7.22. The Morgan fingerprint density at radius 1 is 0.958 bits per heavy atom. The quantitative estimate of drug-likeness (QED) is 0.853. The van der Waals surface area contributed by atoms with E-state index in [9.17, 15) is 0 Å². The van der Waals surface area contributed by atoms with Gasteiger partial charge in [0.25, 0.3) is 0 Å². The van der Waals surface area contributed by atoms with Crippen LogP contribution in [-0.4, -0.2) is 15.0 Å². The van der Waals surface area contributed by atoms with Crippen molar-refractivity contribution in [2.75, 3.05) is 0 Å². The number of fused-ring (bicyclic) bond motifs is 1.